The Hall–Kier alpha value is -2.38. The first-order valence-corrected chi connectivity index (χ1v) is 8.45. The summed E-state index contributed by atoms with van der Waals surface area (Å²) in [6.07, 6.45) is 0.826. The molecule has 2 heterocycles. The topological polar surface area (TPSA) is 91.6 Å². The second-order valence-electron chi connectivity index (χ2n) is 5.88. The molecule has 1 aromatic carbocycles. The van der Waals surface area contributed by atoms with Crippen molar-refractivity contribution in [2.24, 2.45) is 10.9 Å². The third kappa shape index (κ3) is 3.32. The molecule has 138 valence electrons. The summed E-state index contributed by atoms with van der Waals surface area (Å²) in [5, 5.41) is 19.6. The lowest BCUT2D eigenvalue weighted by molar-refractivity contribution is 0.00998. The van der Waals surface area contributed by atoms with Gasteiger partial charge in [-0.1, -0.05) is 36.2 Å². The molecule has 0 saturated carbocycles. The first-order chi connectivity index (χ1) is 12.3. The lowest BCUT2D eigenvalue weighted by Crippen LogP contribution is -2.45. The van der Waals surface area contributed by atoms with E-state index in [2.05, 4.69) is 4.99 Å². The minimum atomic E-state index is -1.42. The number of benzene rings is 1. The maximum absolute atomic E-state index is 11.1. The number of hydrogen-bond acceptors (Lipinski definition) is 6. The molecular weight excluding hydrogens is 383 g/mol. The van der Waals surface area contributed by atoms with Gasteiger partial charge < -0.3 is 24.6 Å². The predicted octanol–water partition coefficient (Wildman–Crippen LogP) is 4.03. The number of carboxylic acid groups (broad SMARTS) is 1. The van der Waals surface area contributed by atoms with Gasteiger partial charge in [-0.2, -0.15) is 0 Å². The van der Waals surface area contributed by atoms with Crippen molar-refractivity contribution in [3.05, 3.63) is 46.1 Å². The van der Waals surface area contributed by atoms with E-state index in [-0.39, 0.29) is 16.7 Å². The molecule has 9 heteroatoms. The average molecular weight is 399 g/mol. The molecule has 0 amide bonds. The zero-order valence-electron chi connectivity index (χ0n) is 13.9. The number of hydrogen-bond donors (Lipinski definition) is 2. The van der Waals surface area contributed by atoms with Crippen molar-refractivity contribution >= 4 is 35.2 Å². The molecule has 26 heavy (non-hydrogen) atoms. The fourth-order valence-corrected chi connectivity index (χ4v) is 3.64. The number of halogens is 2. The Kier molecular flexibility index (Phi) is 5.02. The van der Waals surface area contributed by atoms with Gasteiger partial charge in [-0.05, 0) is 23.8 Å². The summed E-state index contributed by atoms with van der Waals surface area (Å²) in [5.74, 6) is 0.283. The lowest BCUT2D eigenvalue weighted by Gasteiger charge is -2.42. The number of methoxy groups -OCH3 is 1. The number of ether oxygens (including phenoxy) is 2. The molecule has 2 aliphatic rings. The summed E-state index contributed by atoms with van der Waals surface area (Å²) < 4.78 is 10.1. The van der Waals surface area contributed by atoms with Crippen LogP contribution in [0.1, 0.15) is 18.5 Å². The Bertz CT molecular complexity index is 836. The van der Waals surface area contributed by atoms with Crippen LogP contribution in [0.15, 0.2) is 45.5 Å². The Morgan fingerprint density at radius 1 is 1.35 bits per heavy atom. The van der Waals surface area contributed by atoms with Crippen LogP contribution in [0, 0.1) is 5.92 Å². The van der Waals surface area contributed by atoms with Crippen molar-refractivity contribution in [1.82, 2.24) is 4.90 Å². The normalized spacial score (nSPS) is 24.8. The molecule has 0 saturated heterocycles. The minimum Gasteiger partial charge on any atom is -0.504 e. The summed E-state index contributed by atoms with van der Waals surface area (Å²) in [6, 6.07) is 4.50. The van der Waals surface area contributed by atoms with Crippen molar-refractivity contribution in [1.29, 1.82) is 0 Å². The number of phenolic OH excluding ortho intramolecular Hbond substituents is 1. The molecule has 0 aliphatic carbocycles. The number of aromatic hydroxyl groups is 1. The molecule has 3 unspecified atom stereocenters. The van der Waals surface area contributed by atoms with Crippen LogP contribution >= 0.6 is 23.2 Å². The number of allylic oxidation sites excluding steroid dienone is 2. The van der Waals surface area contributed by atoms with Crippen LogP contribution in [0.3, 0.4) is 0 Å². The van der Waals surface area contributed by atoms with Gasteiger partial charge in [-0.25, -0.2) is 9.79 Å². The fraction of sp³-hybridized carbons (Fsp3) is 0.294. The van der Waals surface area contributed by atoms with Crippen LogP contribution in [0.25, 0.3) is 0 Å². The highest BCUT2D eigenvalue weighted by molar-refractivity contribution is 6.45. The molecular formula is C17H16Cl2N2O5. The molecule has 1 aromatic rings. The number of carbonyl (C=O) groups is 1. The zero-order valence-corrected chi connectivity index (χ0v) is 15.4. The van der Waals surface area contributed by atoms with Gasteiger partial charge in [0.25, 0.3) is 0 Å². The van der Waals surface area contributed by atoms with E-state index in [1.54, 1.807) is 23.2 Å². The molecule has 0 fully saturated rings. The Morgan fingerprint density at radius 2 is 2.08 bits per heavy atom. The van der Waals surface area contributed by atoms with E-state index in [9.17, 15) is 9.90 Å². The largest absolute Gasteiger partial charge is 0.507 e. The maximum Gasteiger partial charge on any atom is 0.507 e. The summed E-state index contributed by atoms with van der Waals surface area (Å²) >= 11 is 12.4. The molecule has 3 atom stereocenters. The Labute approximate surface area is 159 Å². The molecule has 0 spiro atoms. The molecule has 3 rings (SSSR count). The van der Waals surface area contributed by atoms with Crippen molar-refractivity contribution in [2.45, 2.75) is 19.2 Å². The van der Waals surface area contributed by atoms with E-state index in [1.807, 2.05) is 6.92 Å². The summed E-state index contributed by atoms with van der Waals surface area (Å²) in [7, 11) is 1.45. The van der Waals surface area contributed by atoms with Crippen molar-refractivity contribution in [2.75, 3.05) is 7.11 Å². The summed E-state index contributed by atoms with van der Waals surface area (Å²) in [6.45, 7) is 1.81. The number of nitrogens with zero attached hydrogens (tertiary/aromatic N) is 2. The Morgan fingerprint density at radius 3 is 2.73 bits per heavy atom. The second kappa shape index (κ2) is 7.09. The molecule has 2 N–H and O–H groups in total. The summed E-state index contributed by atoms with van der Waals surface area (Å²) in [4.78, 5) is 17.2. The Balaban J connectivity index is 2.11. The monoisotopic (exact) mass is 398 g/mol. The van der Waals surface area contributed by atoms with E-state index >= 15 is 0 Å². The van der Waals surface area contributed by atoms with Gasteiger partial charge in [0.15, 0.2) is 17.3 Å². The van der Waals surface area contributed by atoms with Crippen LogP contribution in [-0.2, 0) is 4.74 Å². The first kappa shape index (κ1) is 18.4. The van der Waals surface area contributed by atoms with E-state index in [4.69, 9.17) is 37.8 Å². The van der Waals surface area contributed by atoms with Gasteiger partial charge in [0.05, 0.1) is 23.2 Å². The van der Waals surface area contributed by atoms with Crippen molar-refractivity contribution in [3.8, 4) is 11.5 Å². The number of aliphatic imine (C=N–C) groups is 1. The number of amidine groups is 1. The third-order valence-electron chi connectivity index (χ3n) is 4.25. The minimum absolute atomic E-state index is 0.00270. The molecule has 0 radical (unpaired) electrons. The quantitative estimate of drug-likeness (QED) is 0.746. The summed E-state index contributed by atoms with van der Waals surface area (Å²) in [5.41, 5.74) is 0.755. The number of phenols is 1. The number of rotatable bonds is 3. The predicted molar refractivity (Wildman–Crippen MR) is 96.6 cm³/mol. The van der Waals surface area contributed by atoms with E-state index in [1.165, 1.54) is 19.3 Å². The zero-order chi connectivity index (χ0) is 19.0. The average Bonchev–Trinajstić information content (AvgIpc) is 2.57. The van der Waals surface area contributed by atoms with Crippen LogP contribution < -0.4 is 4.74 Å². The van der Waals surface area contributed by atoms with E-state index in [0.29, 0.717) is 16.6 Å². The molecule has 7 nitrogen and oxygen atoms in total. The van der Waals surface area contributed by atoms with Crippen LogP contribution in [0.5, 0.6) is 11.5 Å². The van der Waals surface area contributed by atoms with Gasteiger partial charge in [-0.15, -0.1) is 0 Å². The highest BCUT2D eigenvalue weighted by Crippen LogP contribution is 2.42. The lowest BCUT2D eigenvalue weighted by atomic mass is 9.89. The molecule has 0 bridgehead atoms. The van der Waals surface area contributed by atoms with Crippen LogP contribution in [0.2, 0.25) is 0 Å². The molecule has 2 aliphatic heterocycles. The van der Waals surface area contributed by atoms with E-state index in [0.717, 1.165) is 5.56 Å². The van der Waals surface area contributed by atoms with Gasteiger partial charge >= 0.3 is 6.16 Å². The number of fused-ring (bicyclic) bond motifs is 1. The maximum atomic E-state index is 11.1. The smallest absolute Gasteiger partial charge is 0.504 e. The highest BCUT2D eigenvalue weighted by Gasteiger charge is 2.41. The highest BCUT2D eigenvalue weighted by atomic mass is 35.5. The van der Waals surface area contributed by atoms with Crippen LogP contribution in [0.4, 0.5) is 4.79 Å². The second-order valence-corrected chi connectivity index (χ2v) is 6.72. The fourth-order valence-electron chi connectivity index (χ4n) is 3.11. The van der Waals surface area contributed by atoms with Crippen molar-refractivity contribution < 1.29 is 24.5 Å². The first-order valence-electron chi connectivity index (χ1n) is 7.69. The van der Waals surface area contributed by atoms with Crippen LogP contribution in [-0.4, -0.2) is 40.4 Å². The van der Waals surface area contributed by atoms with Gasteiger partial charge in [0, 0.05) is 12.1 Å². The van der Waals surface area contributed by atoms with Gasteiger partial charge in [0.2, 0.25) is 6.23 Å². The van der Waals surface area contributed by atoms with E-state index < -0.39 is 18.4 Å². The standard InChI is InChI=1S/C17H16Cl2N2O5/c1-8-14(9-3-4-12(22)13(5-9)25-2)21-7-10(18)6-11(19)15(21)20-16(8)26-17(23)24/h3-8,14,16,22H,1-2H3,(H,23,24). The van der Waals surface area contributed by atoms with Gasteiger partial charge in [-0.3, -0.25) is 0 Å². The SMILES string of the molecule is COc1cc(C2C(C)C(OC(=O)O)N=C3C(Cl)=CC(Cl)=CN32)ccc1O. The van der Waals surface area contributed by atoms with Gasteiger partial charge in [0.1, 0.15) is 0 Å². The molecule has 0 aromatic heterocycles. The van der Waals surface area contributed by atoms with Crippen molar-refractivity contribution in [3.63, 3.8) is 0 Å². The third-order valence-corrected chi connectivity index (χ3v) is 4.73.